The molecule has 2 rings (SSSR count). The van der Waals surface area contributed by atoms with Crippen molar-refractivity contribution in [2.45, 2.75) is 59.4 Å². The second-order valence-electron chi connectivity index (χ2n) is 6.99. The lowest BCUT2D eigenvalue weighted by atomic mass is 9.94. The van der Waals surface area contributed by atoms with Crippen molar-refractivity contribution >= 4 is 5.91 Å². The van der Waals surface area contributed by atoms with Crippen molar-refractivity contribution in [3.63, 3.8) is 0 Å². The number of aromatic nitrogens is 2. The highest BCUT2D eigenvalue weighted by atomic mass is 19.1. The largest absolute Gasteiger partial charge is 0.302 e. The molecule has 0 spiro atoms. The summed E-state index contributed by atoms with van der Waals surface area (Å²) in [4.78, 5) is 13.5. The van der Waals surface area contributed by atoms with Crippen molar-refractivity contribution in [3.8, 4) is 0 Å². The maximum absolute atomic E-state index is 12.3. The van der Waals surface area contributed by atoms with Crippen LogP contribution in [0.15, 0.2) is 36.7 Å². The molecule has 6 nitrogen and oxygen atoms in total. The van der Waals surface area contributed by atoms with Gasteiger partial charge in [0.2, 0.25) is 5.91 Å². The van der Waals surface area contributed by atoms with Gasteiger partial charge in [-0.2, -0.15) is 5.10 Å². The van der Waals surface area contributed by atoms with Crippen LogP contribution in [-0.4, -0.2) is 45.4 Å². The van der Waals surface area contributed by atoms with Gasteiger partial charge in [-0.3, -0.25) is 14.7 Å². The lowest BCUT2D eigenvalue weighted by Gasteiger charge is -2.17. The average Bonchev–Trinajstić information content (AvgIpc) is 3.20. The molecule has 0 aliphatic carbocycles. The molecule has 1 unspecified atom stereocenters. The van der Waals surface area contributed by atoms with E-state index in [0.29, 0.717) is 17.9 Å². The van der Waals surface area contributed by atoms with Gasteiger partial charge in [-0.05, 0) is 56.0 Å². The molecule has 1 aromatic heterocycles. The first-order valence-corrected chi connectivity index (χ1v) is 10.3. The third-order valence-electron chi connectivity index (χ3n) is 5.08. The first-order chi connectivity index (χ1) is 13.9. The standard InChI is InChI=1S/C15H28N4O2.C7H7F/c1-4-13(7-8-15(20)17-21)14-11-16-19(12-14)10-9-18(5-2)6-3;1-6-4-2-3-5-7(6)8/h11-13,21H,4-10H2,1-3H3,(H,17,20);2-5H,1H3. The fourth-order valence-corrected chi connectivity index (χ4v) is 3.02. The Morgan fingerprint density at radius 2 is 1.97 bits per heavy atom. The molecule has 7 heteroatoms. The van der Waals surface area contributed by atoms with E-state index in [9.17, 15) is 9.18 Å². The van der Waals surface area contributed by atoms with E-state index >= 15 is 0 Å². The summed E-state index contributed by atoms with van der Waals surface area (Å²) in [5.41, 5.74) is 3.55. The molecule has 29 heavy (non-hydrogen) atoms. The fraction of sp³-hybridized carbons (Fsp3) is 0.545. The number of rotatable bonds is 10. The van der Waals surface area contributed by atoms with Gasteiger partial charge in [-0.15, -0.1) is 0 Å². The van der Waals surface area contributed by atoms with Crippen LogP contribution in [0.3, 0.4) is 0 Å². The zero-order valence-electron chi connectivity index (χ0n) is 18.1. The number of hydrogen-bond donors (Lipinski definition) is 2. The van der Waals surface area contributed by atoms with Crippen LogP contribution in [0.2, 0.25) is 0 Å². The Labute approximate surface area is 173 Å². The summed E-state index contributed by atoms with van der Waals surface area (Å²) in [6.07, 6.45) is 5.99. The number of halogens is 1. The summed E-state index contributed by atoms with van der Waals surface area (Å²) in [6.45, 7) is 12.2. The lowest BCUT2D eigenvalue weighted by Crippen LogP contribution is -2.27. The third kappa shape index (κ3) is 9.19. The van der Waals surface area contributed by atoms with Crippen LogP contribution in [0.25, 0.3) is 0 Å². The number of hydrogen-bond acceptors (Lipinski definition) is 4. The first kappa shape index (κ1) is 24.8. The van der Waals surface area contributed by atoms with Gasteiger partial charge in [0.1, 0.15) is 5.82 Å². The van der Waals surface area contributed by atoms with Crippen molar-refractivity contribution in [2.24, 2.45) is 0 Å². The van der Waals surface area contributed by atoms with E-state index in [1.165, 1.54) is 11.6 Å². The van der Waals surface area contributed by atoms with Crippen molar-refractivity contribution in [3.05, 3.63) is 53.6 Å². The molecule has 0 saturated heterocycles. The molecule has 1 amide bonds. The van der Waals surface area contributed by atoms with Gasteiger partial charge in [0.25, 0.3) is 0 Å². The summed E-state index contributed by atoms with van der Waals surface area (Å²) in [6, 6.07) is 6.70. The van der Waals surface area contributed by atoms with Crippen LogP contribution in [-0.2, 0) is 11.3 Å². The highest BCUT2D eigenvalue weighted by Crippen LogP contribution is 2.24. The van der Waals surface area contributed by atoms with E-state index < -0.39 is 0 Å². The van der Waals surface area contributed by atoms with Crippen LogP contribution in [0.1, 0.15) is 57.1 Å². The molecule has 0 radical (unpaired) electrons. The number of aryl methyl sites for hydroxylation is 1. The molecule has 1 atom stereocenters. The monoisotopic (exact) mass is 406 g/mol. The van der Waals surface area contributed by atoms with Crippen LogP contribution >= 0.6 is 0 Å². The Hall–Kier alpha value is -2.25. The first-order valence-electron chi connectivity index (χ1n) is 10.3. The summed E-state index contributed by atoms with van der Waals surface area (Å²) in [5.74, 6) is -0.153. The topological polar surface area (TPSA) is 70.4 Å². The van der Waals surface area contributed by atoms with Gasteiger partial charge in [0, 0.05) is 19.2 Å². The number of hydroxylamine groups is 1. The molecule has 0 bridgehead atoms. The maximum Gasteiger partial charge on any atom is 0.243 e. The number of carbonyl (C=O) groups is 1. The van der Waals surface area contributed by atoms with Gasteiger partial charge in [0.05, 0.1) is 12.7 Å². The van der Waals surface area contributed by atoms with Gasteiger partial charge >= 0.3 is 0 Å². The van der Waals surface area contributed by atoms with Crippen LogP contribution in [0.4, 0.5) is 4.39 Å². The Morgan fingerprint density at radius 3 is 2.48 bits per heavy atom. The molecule has 162 valence electrons. The molecule has 2 aromatic rings. The number of amides is 1. The minimum atomic E-state index is -0.331. The van der Waals surface area contributed by atoms with Gasteiger partial charge in [0.15, 0.2) is 0 Å². The van der Waals surface area contributed by atoms with E-state index in [4.69, 9.17) is 5.21 Å². The molecule has 0 aliphatic heterocycles. The molecule has 0 aliphatic rings. The zero-order valence-corrected chi connectivity index (χ0v) is 18.1. The Balaban J connectivity index is 0.000000436. The fourth-order valence-electron chi connectivity index (χ4n) is 3.02. The van der Waals surface area contributed by atoms with Gasteiger partial charge in [-0.25, -0.2) is 9.87 Å². The summed E-state index contributed by atoms with van der Waals surface area (Å²) >= 11 is 0. The Bertz CT molecular complexity index is 695. The number of benzene rings is 1. The predicted molar refractivity (Wildman–Crippen MR) is 113 cm³/mol. The van der Waals surface area contributed by atoms with Gasteiger partial charge < -0.3 is 4.90 Å². The third-order valence-corrected chi connectivity index (χ3v) is 5.08. The van der Waals surface area contributed by atoms with Crippen molar-refractivity contribution in [1.29, 1.82) is 0 Å². The number of nitrogens with zero attached hydrogens (tertiary/aromatic N) is 3. The smallest absolute Gasteiger partial charge is 0.243 e. The highest BCUT2D eigenvalue weighted by Gasteiger charge is 2.14. The Morgan fingerprint density at radius 1 is 1.28 bits per heavy atom. The summed E-state index contributed by atoms with van der Waals surface area (Å²) < 4.78 is 14.3. The molecule has 1 aromatic carbocycles. The molecule has 0 saturated carbocycles. The maximum atomic E-state index is 12.3. The molecule has 2 N–H and O–H groups in total. The molecular formula is C22H35FN4O2. The van der Waals surface area contributed by atoms with E-state index in [1.54, 1.807) is 24.5 Å². The van der Waals surface area contributed by atoms with Crippen LogP contribution in [0, 0.1) is 12.7 Å². The summed E-state index contributed by atoms with van der Waals surface area (Å²) in [5, 5.41) is 13.0. The SMILES string of the molecule is CCC(CCC(=O)NO)c1cnn(CCN(CC)CC)c1.Cc1ccccc1F. The minimum absolute atomic E-state index is 0.132. The zero-order chi connectivity index (χ0) is 21.6. The highest BCUT2D eigenvalue weighted by molar-refractivity contribution is 5.74. The minimum Gasteiger partial charge on any atom is -0.302 e. The van der Waals surface area contributed by atoms with Crippen LogP contribution < -0.4 is 5.48 Å². The van der Waals surface area contributed by atoms with Crippen LogP contribution in [0.5, 0.6) is 0 Å². The number of likely N-dealkylation sites (N-methyl/N-ethyl adjacent to an activating group) is 1. The lowest BCUT2D eigenvalue weighted by molar-refractivity contribution is -0.129. The van der Waals surface area contributed by atoms with Crippen molar-refractivity contribution in [1.82, 2.24) is 20.2 Å². The van der Waals surface area contributed by atoms with Crippen molar-refractivity contribution < 1.29 is 14.4 Å². The number of nitrogens with one attached hydrogen (secondary N) is 1. The van der Waals surface area contributed by atoms with E-state index in [0.717, 1.165) is 39.0 Å². The summed E-state index contributed by atoms with van der Waals surface area (Å²) in [7, 11) is 0. The average molecular weight is 407 g/mol. The molecule has 1 heterocycles. The quantitative estimate of drug-likeness (QED) is 0.460. The van der Waals surface area contributed by atoms with Crippen molar-refractivity contribution in [2.75, 3.05) is 19.6 Å². The van der Waals surface area contributed by atoms with E-state index in [-0.39, 0.29) is 11.7 Å². The number of carbonyl (C=O) groups excluding carboxylic acids is 1. The Kier molecular flexibility index (Phi) is 11.8. The normalized spacial score (nSPS) is 11.7. The molecular weight excluding hydrogens is 371 g/mol. The second kappa shape index (κ2) is 13.8. The van der Waals surface area contributed by atoms with E-state index in [1.807, 2.05) is 16.9 Å². The van der Waals surface area contributed by atoms with Gasteiger partial charge in [-0.1, -0.05) is 39.0 Å². The predicted octanol–water partition coefficient (Wildman–Crippen LogP) is 4.14. The molecule has 0 fully saturated rings. The van der Waals surface area contributed by atoms with E-state index in [2.05, 4.69) is 37.0 Å². The second-order valence-corrected chi connectivity index (χ2v) is 6.99.